The summed E-state index contributed by atoms with van der Waals surface area (Å²) in [4.78, 5) is 14.4. The molecule has 2 aromatic rings. The van der Waals surface area contributed by atoms with E-state index in [2.05, 4.69) is 11.4 Å². The summed E-state index contributed by atoms with van der Waals surface area (Å²) in [7, 11) is 3.22. The van der Waals surface area contributed by atoms with Crippen LogP contribution in [0.15, 0.2) is 36.4 Å². The van der Waals surface area contributed by atoms with E-state index in [1.807, 2.05) is 23.1 Å². The lowest BCUT2D eigenvalue weighted by atomic mass is 9.98. The van der Waals surface area contributed by atoms with Crippen LogP contribution in [0, 0.1) is 11.3 Å². The first-order chi connectivity index (χ1) is 12.7. The Bertz CT molecular complexity index is 858. The van der Waals surface area contributed by atoms with Crippen LogP contribution < -0.4 is 14.8 Å². The summed E-state index contributed by atoms with van der Waals surface area (Å²) in [5.74, 6) is 1.38. The first-order valence-electron chi connectivity index (χ1n) is 8.40. The molecule has 1 aliphatic heterocycles. The number of nitrogens with zero attached hydrogens (tertiary/aromatic N) is 2. The summed E-state index contributed by atoms with van der Waals surface area (Å²) in [6.07, 6.45) is 0.774. The minimum atomic E-state index is -0.00169. The molecular formula is C20H21N3O3. The average Bonchev–Trinajstić information content (AvgIpc) is 2.70. The van der Waals surface area contributed by atoms with Crippen molar-refractivity contribution in [2.24, 2.45) is 0 Å². The zero-order chi connectivity index (χ0) is 18.5. The lowest BCUT2D eigenvalue weighted by Crippen LogP contribution is -2.39. The molecule has 3 rings (SSSR count). The molecule has 134 valence electrons. The number of nitrogens with one attached hydrogen (secondary N) is 1. The van der Waals surface area contributed by atoms with Gasteiger partial charge in [0.05, 0.1) is 32.0 Å². The maximum Gasteiger partial charge on any atom is 0.242 e. The number of fused-ring (bicyclic) bond motifs is 1. The maximum absolute atomic E-state index is 12.6. The van der Waals surface area contributed by atoms with Gasteiger partial charge in [0, 0.05) is 13.1 Å². The van der Waals surface area contributed by atoms with Crippen molar-refractivity contribution in [1.29, 1.82) is 5.26 Å². The zero-order valence-corrected chi connectivity index (χ0v) is 14.9. The average molecular weight is 351 g/mol. The van der Waals surface area contributed by atoms with Crippen molar-refractivity contribution >= 4 is 11.6 Å². The Labute approximate surface area is 152 Å². The lowest BCUT2D eigenvalue weighted by Gasteiger charge is -2.30. The topological polar surface area (TPSA) is 74.6 Å². The first kappa shape index (κ1) is 17.6. The molecule has 1 aliphatic rings. The molecule has 0 saturated carbocycles. The smallest absolute Gasteiger partial charge is 0.242 e. The fourth-order valence-corrected chi connectivity index (χ4v) is 3.11. The molecule has 0 radical (unpaired) electrons. The summed E-state index contributed by atoms with van der Waals surface area (Å²) >= 11 is 0. The molecular weight excluding hydrogens is 330 g/mol. The van der Waals surface area contributed by atoms with E-state index in [0.29, 0.717) is 35.8 Å². The van der Waals surface area contributed by atoms with Crippen LogP contribution in [0.2, 0.25) is 0 Å². The Hall–Kier alpha value is -3.20. The molecule has 0 bridgehead atoms. The van der Waals surface area contributed by atoms with E-state index >= 15 is 0 Å². The maximum atomic E-state index is 12.6. The number of carbonyl (C=O) groups excluding carboxylic acids is 1. The Morgan fingerprint density at radius 2 is 1.88 bits per heavy atom. The number of carbonyl (C=O) groups is 1. The number of hydrogen-bond acceptors (Lipinski definition) is 5. The molecule has 0 aliphatic carbocycles. The van der Waals surface area contributed by atoms with Gasteiger partial charge in [-0.05, 0) is 41.8 Å². The monoisotopic (exact) mass is 351 g/mol. The van der Waals surface area contributed by atoms with Gasteiger partial charge < -0.3 is 19.7 Å². The van der Waals surface area contributed by atoms with E-state index in [9.17, 15) is 4.79 Å². The number of benzene rings is 2. The van der Waals surface area contributed by atoms with Crippen molar-refractivity contribution in [2.75, 3.05) is 32.6 Å². The summed E-state index contributed by atoms with van der Waals surface area (Å²) in [5.41, 5.74) is 3.45. The van der Waals surface area contributed by atoms with Crippen molar-refractivity contribution in [3.8, 4) is 17.6 Å². The van der Waals surface area contributed by atoms with Crippen molar-refractivity contribution in [2.45, 2.75) is 13.0 Å². The SMILES string of the molecule is COc1cc2c(cc1OC)CN(C(=O)CNc1ccccc1C#N)CC2. The summed E-state index contributed by atoms with van der Waals surface area (Å²) < 4.78 is 10.7. The van der Waals surface area contributed by atoms with Crippen molar-refractivity contribution in [3.63, 3.8) is 0 Å². The molecule has 1 N–H and O–H groups in total. The largest absolute Gasteiger partial charge is 0.493 e. The van der Waals surface area contributed by atoms with Gasteiger partial charge in [-0.25, -0.2) is 0 Å². The third-order valence-corrected chi connectivity index (χ3v) is 4.55. The molecule has 0 spiro atoms. The Kier molecular flexibility index (Phi) is 5.28. The summed E-state index contributed by atoms with van der Waals surface area (Å²) in [6, 6.07) is 13.2. The van der Waals surface area contributed by atoms with Gasteiger partial charge in [0.2, 0.25) is 5.91 Å². The van der Waals surface area contributed by atoms with Crippen molar-refractivity contribution < 1.29 is 14.3 Å². The van der Waals surface area contributed by atoms with E-state index in [1.165, 1.54) is 5.56 Å². The van der Waals surface area contributed by atoms with Crippen LogP contribution in [0.5, 0.6) is 11.5 Å². The molecule has 6 heteroatoms. The molecule has 26 heavy (non-hydrogen) atoms. The van der Waals surface area contributed by atoms with Crippen LogP contribution >= 0.6 is 0 Å². The third kappa shape index (κ3) is 3.57. The quantitative estimate of drug-likeness (QED) is 0.896. The van der Waals surface area contributed by atoms with Gasteiger partial charge in [-0.15, -0.1) is 0 Å². The number of amides is 1. The highest BCUT2D eigenvalue weighted by atomic mass is 16.5. The minimum Gasteiger partial charge on any atom is -0.493 e. The zero-order valence-electron chi connectivity index (χ0n) is 14.9. The molecule has 0 aromatic heterocycles. The van der Waals surface area contributed by atoms with E-state index < -0.39 is 0 Å². The molecule has 2 aromatic carbocycles. The predicted octanol–water partition coefficient (Wildman–Crippen LogP) is 2.57. The van der Waals surface area contributed by atoms with E-state index in [1.54, 1.807) is 32.4 Å². The van der Waals surface area contributed by atoms with Gasteiger partial charge in [0.25, 0.3) is 0 Å². The number of ether oxygens (including phenoxy) is 2. The molecule has 6 nitrogen and oxygen atoms in total. The Morgan fingerprint density at radius 3 is 2.58 bits per heavy atom. The van der Waals surface area contributed by atoms with Gasteiger partial charge in [-0.3, -0.25) is 4.79 Å². The van der Waals surface area contributed by atoms with Crippen LogP contribution in [-0.4, -0.2) is 38.1 Å². The van der Waals surface area contributed by atoms with Gasteiger partial charge in [0.1, 0.15) is 6.07 Å². The normalized spacial score (nSPS) is 12.7. The second-order valence-electron chi connectivity index (χ2n) is 6.05. The Morgan fingerprint density at radius 1 is 1.19 bits per heavy atom. The standard InChI is InChI=1S/C20H21N3O3/c1-25-18-9-14-7-8-23(13-16(14)10-19(18)26-2)20(24)12-22-17-6-4-3-5-15(17)11-21/h3-6,9-10,22H,7-8,12-13H2,1-2H3. The Balaban J connectivity index is 1.68. The minimum absolute atomic E-state index is 0.00169. The molecule has 0 saturated heterocycles. The summed E-state index contributed by atoms with van der Waals surface area (Å²) in [6.45, 7) is 1.35. The fraction of sp³-hybridized carbons (Fsp3) is 0.300. The van der Waals surface area contributed by atoms with Crippen molar-refractivity contribution in [1.82, 2.24) is 4.90 Å². The highest BCUT2D eigenvalue weighted by Crippen LogP contribution is 2.33. The molecule has 0 atom stereocenters. The van der Waals surface area contributed by atoms with Gasteiger partial charge in [-0.2, -0.15) is 5.26 Å². The van der Waals surface area contributed by atoms with Crippen LogP contribution in [-0.2, 0) is 17.8 Å². The number of anilines is 1. The van der Waals surface area contributed by atoms with Crippen LogP contribution in [0.25, 0.3) is 0 Å². The van der Waals surface area contributed by atoms with Crippen LogP contribution in [0.1, 0.15) is 16.7 Å². The lowest BCUT2D eigenvalue weighted by molar-refractivity contribution is -0.130. The van der Waals surface area contributed by atoms with Gasteiger partial charge in [0.15, 0.2) is 11.5 Å². The predicted molar refractivity (Wildman–Crippen MR) is 98.3 cm³/mol. The number of methoxy groups -OCH3 is 2. The van der Waals surface area contributed by atoms with Crippen LogP contribution in [0.4, 0.5) is 5.69 Å². The van der Waals surface area contributed by atoms with Gasteiger partial charge >= 0.3 is 0 Å². The first-order valence-corrected chi connectivity index (χ1v) is 8.40. The fourth-order valence-electron chi connectivity index (χ4n) is 3.11. The third-order valence-electron chi connectivity index (χ3n) is 4.55. The number of hydrogen-bond donors (Lipinski definition) is 1. The summed E-state index contributed by atoms with van der Waals surface area (Å²) in [5, 5.41) is 12.2. The van der Waals surface area contributed by atoms with Gasteiger partial charge in [-0.1, -0.05) is 12.1 Å². The van der Waals surface area contributed by atoms with E-state index in [0.717, 1.165) is 12.0 Å². The molecule has 0 fully saturated rings. The van der Waals surface area contributed by atoms with E-state index in [-0.39, 0.29) is 12.5 Å². The van der Waals surface area contributed by atoms with E-state index in [4.69, 9.17) is 14.7 Å². The second kappa shape index (κ2) is 7.79. The molecule has 1 amide bonds. The van der Waals surface area contributed by atoms with Crippen molar-refractivity contribution in [3.05, 3.63) is 53.1 Å². The molecule has 1 heterocycles. The number of nitriles is 1. The second-order valence-corrected chi connectivity index (χ2v) is 6.05. The highest BCUT2D eigenvalue weighted by molar-refractivity contribution is 5.81. The number of para-hydroxylation sites is 1. The van der Waals surface area contributed by atoms with Crippen LogP contribution in [0.3, 0.4) is 0 Å². The number of rotatable bonds is 5. The molecule has 0 unspecified atom stereocenters. The highest BCUT2D eigenvalue weighted by Gasteiger charge is 2.22.